The number of aryl methyl sites for hydroxylation is 4. The Bertz CT molecular complexity index is 3470. The monoisotopic (exact) mass is 1290 g/mol. The molecule has 8 N–H and O–H groups in total. The van der Waals surface area contributed by atoms with Gasteiger partial charge in [-0.3, -0.25) is 4.79 Å². The number of fused-ring (bicyclic) bond motifs is 11. The third-order valence-corrected chi connectivity index (χ3v) is 22.4. The number of phenolic OH excluding ortho intramolecular Hbond substituents is 4. The van der Waals surface area contributed by atoms with Crippen molar-refractivity contribution < 1.29 is 64.6 Å². The van der Waals surface area contributed by atoms with Gasteiger partial charge in [-0.15, -0.1) is 0 Å². The number of unbranched alkanes of at least 4 members (excludes halogenated alkanes) is 5. The van der Waals surface area contributed by atoms with Gasteiger partial charge in [-0.2, -0.15) is 0 Å². The Kier molecular flexibility index (Phi) is 22.0. The Hall–Kier alpha value is -5.99. The lowest BCUT2D eigenvalue weighted by Crippen LogP contribution is -2.66. The quantitative estimate of drug-likeness (QED) is 0.0436. The van der Waals surface area contributed by atoms with Crippen molar-refractivity contribution in [3.8, 4) is 46.0 Å². The molecular weight excluding hydrogens is 1180 g/mol. The first-order valence-electron chi connectivity index (χ1n) is 35.8. The minimum absolute atomic E-state index is 0.00895. The van der Waals surface area contributed by atoms with Gasteiger partial charge >= 0.3 is 0 Å². The average molecular weight is 1300 g/mol. The third kappa shape index (κ3) is 14.2. The van der Waals surface area contributed by atoms with Gasteiger partial charge in [0.1, 0.15) is 74.5 Å². The summed E-state index contributed by atoms with van der Waals surface area (Å²) in [5, 5.41) is 85.9. The molecule has 94 heavy (non-hydrogen) atoms. The van der Waals surface area contributed by atoms with Crippen LogP contribution < -0.4 is 18.9 Å². The maximum absolute atomic E-state index is 12.8. The first kappa shape index (κ1) is 72.3. The molecule has 4 aliphatic heterocycles. The second-order valence-electron chi connectivity index (χ2n) is 31.0. The third-order valence-electron chi connectivity index (χ3n) is 22.4. The van der Waals surface area contributed by atoms with E-state index in [1.165, 1.54) is 36.8 Å². The lowest BCUT2D eigenvalue weighted by molar-refractivity contribution is -0.196. The lowest BCUT2D eigenvalue weighted by Gasteiger charge is -2.54. The second kappa shape index (κ2) is 28.6. The number of benzene rings is 4. The first-order chi connectivity index (χ1) is 44.2. The SMILES string of the molecule is C=C(C)[C@@H]1CC[C@@H](C)[C@H]2Oc3cc(CCCCC)cc(O)c3[C@H]21.CCCCc1cc(O)c2c(c1)OC(C)(C)C1(O)C(O)CC(C)=CC21.CCCCc1cc(O)c2c(c1)OC(C)(C)C1=C2C(=O)C(C)CC1.CCCCc1cc(O)c2c(c1)OC(C)(C)[C@@H]1CC[C@](C)(O)[C@@H](O)[C@@H]21. The van der Waals surface area contributed by atoms with Crippen molar-refractivity contribution in [1.29, 1.82) is 0 Å². The number of allylic oxidation sites excluding steroid dienone is 2. The molecular formula is C81H114O13. The zero-order valence-electron chi connectivity index (χ0n) is 59.4. The molecule has 4 heterocycles. The Labute approximate surface area is 561 Å². The molecule has 0 spiro atoms. The summed E-state index contributed by atoms with van der Waals surface area (Å²) in [4.78, 5) is 12.8. The summed E-state index contributed by atoms with van der Waals surface area (Å²) < 4.78 is 24.9. The summed E-state index contributed by atoms with van der Waals surface area (Å²) >= 11 is 0. The topological polar surface area (TPSA) is 216 Å². The first-order valence-corrected chi connectivity index (χ1v) is 35.8. The fraction of sp³-hybridized carbons (Fsp3) is 0.617. The molecule has 13 heteroatoms. The number of hydrogen-bond donors (Lipinski definition) is 8. The fourth-order valence-corrected chi connectivity index (χ4v) is 16.9. The number of ketones is 1. The normalized spacial score (nSPS) is 29.1. The summed E-state index contributed by atoms with van der Waals surface area (Å²) in [6.45, 7) is 34.5. The van der Waals surface area contributed by atoms with Crippen molar-refractivity contribution in [2.24, 2.45) is 23.7 Å². The molecule has 13 nitrogen and oxygen atoms in total. The molecule has 0 saturated heterocycles. The predicted octanol–water partition coefficient (Wildman–Crippen LogP) is 17.2. The second-order valence-corrected chi connectivity index (χ2v) is 31.0. The van der Waals surface area contributed by atoms with E-state index in [2.05, 4.69) is 54.2 Å². The van der Waals surface area contributed by atoms with E-state index < -0.39 is 46.1 Å². The van der Waals surface area contributed by atoms with Gasteiger partial charge < -0.3 is 59.8 Å². The summed E-state index contributed by atoms with van der Waals surface area (Å²) in [7, 11) is 0. The van der Waals surface area contributed by atoms with Gasteiger partial charge in [-0.25, -0.2) is 0 Å². The largest absolute Gasteiger partial charge is 0.508 e. The van der Waals surface area contributed by atoms with Gasteiger partial charge in [0.05, 0.1) is 23.4 Å². The number of aliphatic hydroxyl groups is 4. The standard InChI is InChI=1S/C21H30O2.C20H28O4.C20H30O4.C20H26O3/c1-5-6-7-8-15-11-17(22)20-18(12-15)23-21-14(4)9-10-16(13(2)3)19(20)21;1-5-6-7-13-10-15(21)18-14-8-12(2)9-17(22)20(14,23)19(3,4)24-16(18)11-13;1-5-6-7-12-10-14(21)17-15(11-12)24-19(2,3)13-8-9-20(4,23)18(22)16(13)17;1-5-6-7-13-10-15(21)18-16(11-13)23-20(3,4)14-9-8-12(2)19(22)17(14)18/h11-12,14,16,19,21-22H,2,5-10H2,1,3-4H3;8,10-11,14,17,21-23H,5-7,9H2,1-4H3;10-11,13,16,18,21-23H,5-9H2,1-4H3;10-12,21H,5-9H2,1-4H3/t14-,16+,19-,21-;;13-,16-,18+,20+;/m1.1./s1. The molecule has 0 bridgehead atoms. The number of hydrogen-bond acceptors (Lipinski definition) is 13. The highest BCUT2D eigenvalue weighted by molar-refractivity contribution is 6.25. The number of carbonyl (C=O) groups is 1. The molecule has 0 amide bonds. The Morgan fingerprint density at radius 3 is 1.68 bits per heavy atom. The zero-order chi connectivity index (χ0) is 68.7. The van der Waals surface area contributed by atoms with E-state index in [1.807, 2.05) is 71.9 Å². The Morgan fingerprint density at radius 2 is 1.12 bits per heavy atom. The highest BCUT2D eigenvalue weighted by atomic mass is 16.5. The van der Waals surface area contributed by atoms with E-state index in [9.17, 15) is 45.6 Å². The molecule has 0 aromatic heterocycles. The number of Topliss-reactive ketones (excluding diaryl/α,β-unsaturated/α-hetero) is 1. The van der Waals surface area contributed by atoms with Gasteiger partial charge in [-0.05, 0) is 247 Å². The number of aromatic hydroxyl groups is 4. The molecule has 8 aliphatic rings. The summed E-state index contributed by atoms with van der Waals surface area (Å²) in [5.74, 6) is 4.42. The molecule has 12 rings (SSSR count). The number of carbonyl (C=O) groups excluding carboxylic acids is 1. The van der Waals surface area contributed by atoms with E-state index in [4.69, 9.17) is 18.9 Å². The molecule has 4 aromatic carbocycles. The van der Waals surface area contributed by atoms with Crippen LogP contribution in [0, 0.1) is 23.7 Å². The molecule has 4 aromatic rings. The van der Waals surface area contributed by atoms with Crippen molar-refractivity contribution >= 4 is 11.4 Å². The van der Waals surface area contributed by atoms with E-state index in [1.54, 1.807) is 39.0 Å². The summed E-state index contributed by atoms with van der Waals surface area (Å²) in [6, 6.07) is 15.5. The van der Waals surface area contributed by atoms with Gasteiger partial charge in [0.25, 0.3) is 0 Å². The zero-order valence-corrected chi connectivity index (χ0v) is 59.4. The molecule has 4 aliphatic carbocycles. The molecule has 12 atom stereocenters. The lowest BCUT2D eigenvalue weighted by atomic mass is 9.61. The highest BCUT2D eigenvalue weighted by Crippen LogP contribution is 2.60. The highest BCUT2D eigenvalue weighted by Gasteiger charge is 2.61. The van der Waals surface area contributed by atoms with Crippen LogP contribution in [0.25, 0.3) is 5.57 Å². The van der Waals surface area contributed by atoms with Crippen LogP contribution in [0.2, 0.25) is 0 Å². The van der Waals surface area contributed by atoms with Crippen LogP contribution in [0.4, 0.5) is 0 Å². The minimum atomic E-state index is -1.47. The van der Waals surface area contributed by atoms with Crippen LogP contribution in [0.1, 0.15) is 269 Å². The van der Waals surface area contributed by atoms with E-state index in [0.29, 0.717) is 69.9 Å². The van der Waals surface area contributed by atoms with Crippen LogP contribution in [0.5, 0.6) is 46.0 Å². The van der Waals surface area contributed by atoms with Crippen LogP contribution in [-0.2, 0) is 30.5 Å². The molecule has 2 fully saturated rings. The maximum Gasteiger partial charge on any atom is 0.166 e. The predicted molar refractivity (Wildman–Crippen MR) is 374 cm³/mol. The van der Waals surface area contributed by atoms with Crippen LogP contribution in [0.3, 0.4) is 0 Å². The van der Waals surface area contributed by atoms with E-state index in [-0.39, 0.29) is 52.8 Å². The van der Waals surface area contributed by atoms with Crippen molar-refractivity contribution in [2.75, 3.05) is 0 Å². The Balaban J connectivity index is 0.000000148. The van der Waals surface area contributed by atoms with Crippen molar-refractivity contribution in [2.45, 2.75) is 296 Å². The summed E-state index contributed by atoms with van der Waals surface area (Å²) in [6.07, 6.45) is 19.9. The Morgan fingerprint density at radius 1 is 0.606 bits per heavy atom. The van der Waals surface area contributed by atoms with Crippen molar-refractivity contribution in [1.82, 2.24) is 0 Å². The van der Waals surface area contributed by atoms with Gasteiger partial charge in [0, 0.05) is 51.9 Å². The number of phenols is 4. The van der Waals surface area contributed by atoms with E-state index in [0.717, 1.165) is 129 Å². The van der Waals surface area contributed by atoms with Gasteiger partial charge in [0.2, 0.25) is 0 Å². The van der Waals surface area contributed by atoms with Crippen molar-refractivity contribution in [3.05, 3.63) is 122 Å². The van der Waals surface area contributed by atoms with Crippen LogP contribution in [0.15, 0.2) is 77.9 Å². The fourth-order valence-electron chi connectivity index (χ4n) is 16.9. The molecule has 4 unspecified atom stereocenters. The van der Waals surface area contributed by atoms with E-state index >= 15 is 0 Å². The average Bonchev–Trinajstić information content (AvgIpc) is 0.938. The van der Waals surface area contributed by atoms with Crippen LogP contribution >= 0.6 is 0 Å². The van der Waals surface area contributed by atoms with Gasteiger partial charge in [-0.1, -0.05) is 97.4 Å². The molecule has 516 valence electrons. The number of aliphatic hydroxyl groups excluding tert-OH is 2. The molecule has 0 radical (unpaired) electrons. The molecule has 2 saturated carbocycles. The number of ether oxygens (including phenoxy) is 4. The minimum Gasteiger partial charge on any atom is -0.508 e. The van der Waals surface area contributed by atoms with Gasteiger partial charge in [0.15, 0.2) is 5.78 Å². The maximum atomic E-state index is 12.8. The smallest absolute Gasteiger partial charge is 0.166 e. The summed E-state index contributed by atoms with van der Waals surface area (Å²) in [5.41, 5.74) is 6.70. The van der Waals surface area contributed by atoms with Crippen LogP contribution in [-0.4, -0.2) is 93.0 Å². The number of rotatable bonds is 14. The van der Waals surface area contributed by atoms with Crippen molar-refractivity contribution in [3.63, 3.8) is 0 Å².